The van der Waals surface area contributed by atoms with Crippen LogP contribution in [-0.2, 0) is 0 Å². The molecule has 2 aromatic heterocycles. The van der Waals surface area contributed by atoms with Gasteiger partial charge in [-0.1, -0.05) is 41.7 Å². The van der Waals surface area contributed by atoms with E-state index in [4.69, 9.17) is 4.42 Å². The van der Waals surface area contributed by atoms with Gasteiger partial charge in [0.05, 0.1) is 4.70 Å². The first kappa shape index (κ1) is 14.0. The van der Waals surface area contributed by atoms with Crippen LogP contribution in [-0.4, -0.2) is 11.5 Å². The number of para-hydroxylation sites is 2. The summed E-state index contributed by atoms with van der Waals surface area (Å²) in [5, 5.41) is 1.73. The van der Waals surface area contributed by atoms with Gasteiger partial charge in [0.25, 0.3) is 0 Å². The zero-order valence-electron chi connectivity index (χ0n) is 12.5. The monoisotopic (exact) mass is 322 g/mol. The molecule has 5 heteroatoms. The highest BCUT2D eigenvalue weighted by Crippen LogP contribution is 2.35. The van der Waals surface area contributed by atoms with E-state index in [9.17, 15) is 4.79 Å². The maximum Gasteiger partial charge on any atom is 0.363 e. The number of rotatable bonds is 3. The van der Waals surface area contributed by atoms with E-state index in [-0.39, 0.29) is 5.63 Å². The standard InChI is InChI=1S/C18H14N2O2S/c1-2-20(12-8-4-3-5-9-12)18-19-15-16(23-18)13-10-6-7-11-14(13)22-17(15)21/h3-11H,2H2,1H3. The highest BCUT2D eigenvalue weighted by Gasteiger charge is 2.17. The van der Waals surface area contributed by atoms with Crippen LogP contribution in [0.15, 0.2) is 63.8 Å². The highest BCUT2D eigenvalue weighted by atomic mass is 32.1. The summed E-state index contributed by atoms with van der Waals surface area (Å²) >= 11 is 1.52. The van der Waals surface area contributed by atoms with Crippen molar-refractivity contribution >= 4 is 43.3 Å². The van der Waals surface area contributed by atoms with Crippen LogP contribution in [0.25, 0.3) is 21.2 Å². The summed E-state index contributed by atoms with van der Waals surface area (Å²) < 4.78 is 6.25. The Labute approximate surface area is 136 Å². The normalized spacial score (nSPS) is 11.2. The Morgan fingerprint density at radius 1 is 1.09 bits per heavy atom. The van der Waals surface area contributed by atoms with Crippen molar-refractivity contribution in [1.29, 1.82) is 0 Å². The molecule has 2 aromatic carbocycles. The average molecular weight is 322 g/mol. The van der Waals surface area contributed by atoms with Crippen LogP contribution >= 0.6 is 11.3 Å². The predicted octanol–water partition coefficient (Wildman–Crippen LogP) is 4.56. The fourth-order valence-electron chi connectivity index (χ4n) is 2.67. The molecule has 0 N–H and O–H groups in total. The molecule has 4 nitrogen and oxygen atoms in total. The van der Waals surface area contributed by atoms with Gasteiger partial charge >= 0.3 is 5.63 Å². The quantitative estimate of drug-likeness (QED) is 0.519. The van der Waals surface area contributed by atoms with E-state index < -0.39 is 0 Å². The molecule has 0 saturated carbocycles. The predicted molar refractivity (Wildman–Crippen MR) is 94.8 cm³/mol. The maximum absolute atomic E-state index is 12.2. The van der Waals surface area contributed by atoms with Crippen molar-refractivity contribution < 1.29 is 4.42 Å². The molecular weight excluding hydrogens is 308 g/mol. The van der Waals surface area contributed by atoms with Crippen LogP contribution in [0.4, 0.5) is 10.8 Å². The van der Waals surface area contributed by atoms with Gasteiger partial charge in [0.1, 0.15) is 5.58 Å². The fraction of sp³-hybridized carbons (Fsp3) is 0.111. The van der Waals surface area contributed by atoms with Crippen molar-refractivity contribution in [2.24, 2.45) is 0 Å². The SMILES string of the molecule is CCN(c1ccccc1)c1nc2c(=O)oc3ccccc3c2s1. The first-order valence-electron chi connectivity index (χ1n) is 7.43. The molecule has 0 unspecified atom stereocenters. The minimum absolute atomic E-state index is 0.384. The Bertz CT molecular complexity index is 1040. The third-order valence-electron chi connectivity index (χ3n) is 3.76. The van der Waals surface area contributed by atoms with Crippen LogP contribution in [0.1, 0.15) is 6.92 Å². The van der Waals surface area contributed by atoms with Gasteiger partial charge < -0.3 is 9.32 Å². The minimum atomic E-state index is -0.384. The lowest BCUT2D eigenvalue weighted by molar-refractivity contribution is 0.568. The van der Waals surface area contributed by atoms with Crippen LogP contribution in [0.5, 0.6) is 0 Å². The summed E-state index contributed by atoms with van der Waals surface area (Å²) in [6, 6.07) is 17.6. The van der Waals surface area contributed by atoms with Crippen LogP contribution in [0.3, 0.4) is 0 Å². The number of hydrogen-bond acceptors (Lipinski definition) is 5. The molecule has 2 heterocycles. The summed E-state index contributed by atoms with van der Waals surface area (Å²) in [5.41, 5.74) is 1.68. The molecule has 0 aliphatic heterocycles. The van der Waals surface area contributed by atoms with Crippen LogP contribution < -0.4 is 10.5 Å². The van der Waals surface area contributed by atoms with Crippen molar-refractivity contribution in [2.75, 3.05) is 11.4 Å². The smallest absolute Gasteiger partial charge is 0.363 e. The Kier molecular flexibility index (Phi) is 3.35. The Morgan fingerprint density at radius 2 is 1.83 bits per heavy atom. The average Bonchev–Trinajstić information content (AvgIpc) is 3.03. The topological polar surface area (TPSA) is 46.3 Å². The van der Waals surface area contributed by atoms with Gasteiger partial charge in [0, 0.05) is 17.6 Å². The number of nitrogens with zero attached hydrogens (tertiary/aromatic N) is 2. The molecule has 0 bridgehead atoms. The molecule has 4 rings (SSSR count). The lowest BCUT2D eigenvalue weighted by atomic mass is 10.2. The van der Waals surface area contributed by atoms with E-state index in [0.29, 0.717) is 11.1 Å². The molecule has 0 aliphatic rings. The van der Waals surface area contributed by atoms with Crippen LogP contribution in [0, 0.1) is 0 Å². The molecule has 23 heavy (non-hydrogen) atoms. The first-order valence-corrected chi connectivity index (χ1v) is 8.24. The van der Waals surface area contributed by atoms with Gasteiger partial charge in [-0.05, 0) is 31.2 Å². The third kappa shape index (κ3) is 2.29. The van der Waals surface area contributed by atoms with Gasteiger partial charge in [0.15, 0.2) is 10.6 Å². The lowest BCUT2D eigenvalue weighted by Crippen LogP contribution is -2.15. The Balaban J connectivity index is 1.97. The van der Waals surface area contributed by atoms with E-state index in [0.717, 1.165) is 27.4 Å². The number of aromatic nitrogens is 1. The number of benzene rings is 2. The lowest BCUT2D eigenvalue weighted by Gasteiger charge is -2.19. The van der Waals surface area contributed by atoms with E-state index >= 15 is 0 Å². The Hall–Kier alpha value is -2.66. The van der Waals surface area contributed by atoms with E-state index in [2.05, 4.69) is 16.8 Å². The minimum Gasteiger partial charge on any atom is -0.421 e. The third-order valence-corrected chi connectivity index (χ3v) is 4.87. The van der Waals surface area contributed by atoms with Crippen LogP contribution in [0.2, 0.25) is 0 Å². The molecule has 4 aromatic rings. The van der Waals surface area contributed by atoms with Gasteiger partial charge in [-0.25, -0.2) is 9.78 Å². The van der Waals surface area contributed by atoms with Gasteiger partial charge in [0.2, 0.25) is 0 Å². The molecule has 0 atom stereocenters. The molecule has 0 spiro atoms. The number of fused-ring (bicyclic) bond motifs is 3. The number of anilines is 2. The second kappa shape index (κ2) is 5.52. The molecule has 0 aliphatic carbocycles. The summed E-state index contributed by atoms with van der Waals surface area (Å²) in [7, 11) is 0. The van der Waals surface area contributed by atoms with Crippen molar-refractivity contribution in [1.82, 2.24) is 4.98 Å². The second-order valence-electron chi connectivity index (χ2n) is 5.14. The summed E-state index contributed by atoms with van der Waals surface area (Å²) in [4.78, 5) is 18.9. The van der Waals surface area contributed by atoms with Crippen molar-refractivity contribution in [3.63, 3.8) is 0 Å². The Morgan fingerprint density at radius 3 is 2.61 bits per heavy atom. The van der Waals surface area contributed by atoms with Crippen molar-refractivity contribution in [2.45, 2.75) is 6.92 Å². The highest BCUT2D eigenvalue weighted by molar-refractivity contribution is 7.23. The zero-order valence-corrected chi connectivity index (χ0v) is 13.3. The first-order chi connectivity index (χ1) is 11.3. The van der Waals surface area contributed by atoms with E-state index in [1.165, 1.54) is 11.3 Å². The second-order valence-corrected chi connectivity index (χ2v) is 6.12. The van der Waals surface area contributed by atoms with E-state index in [1.807, 2.05) is 54.6 Å². The fourth-order valence-corrected chi connectivity index (χ4v) is 3.84. The van der Waals surface area contributed by atoms with Crippen molar-refractivity contribution in [3.8, 4) is 0 Å². The van der Waals surface area contributed by atoms with Crippen molar-refractivity contribution in [3.05, 3.63) is 65.0 Å². The number of thiazole rings is 1. The number of hydrogen-bond donors (Lipinski definition) is 0. The molecule has 0 fully saturated rings. The molecule has 0 radical (unpaired) electrons. The van der Waals surface area contributed by atoms with E-state index in [1.54, 1.807) is 0 Å². The molecule has 114 valence electrons. The summed E-state index contributed by atoms with van der Waals surface area (Å²) in [6.45, 7) is 2.84. The molecule has 0 amide bonds. The maximum atomic E-state index is 12.2. The van der Waals surface area contributed by atoms with Gasteiger partial charge in [-0.3, -0.25) is 0 Å². The molecule has 0 saturated heterocycles. The largest absolute Gasteiger partial charge is 0.421 e. The summed E-state index contributed by atoms with van der Waals surface area (Å²) in [5.74, 6) is 0. The summed E-state index contributed by atoms with van der Waals surface area (Å²) in [6.07, 6.45) is 0. The zero-order chi connectivity index (χ0) is 15.8. The van der Waals surface area contributed by atoms with Gasteiger partial charge in [-0.15, -0.1) is 0 Å². The van der Waals surface area contributed by atoms with Gasteiger partial charge in [-0.2, -0.15) is 0 Å². The molecular formula is C18H14N2O2S.